The van der Waals surface area contributed by atoms with E-state index < -0.39 is 11.6 Å². The number of nitrogens with two attached hydrogens (primary N) is 1. The molecule has 1 aromatic rings. The van der Waals surface area contributed by atoms with Crippen LogP contribution in [0.3, 0.4) is 0 Å². The molecule has 0 fully saturated rings. The first kappa shape index (κ1) is 14.0. The fraction of sp³-hybridized carbons (Fsp3) is 0.500. The van der Waals surface area contributed by atoms with Gasteiger partial charge in [-0.3, -0.25) is 11.3 Å². The number of ether oxygens (including phenoxy) is 1. The number of rotatable bonds is 5. The van der Waals surface area contributed by atoms with Gasteiger partial charge in [-0.15, -0.1) is 0 Å². The molecule has 0 aromatic heterocycles. The van der Waals surface area contributed by atoms with Crippen LogP contribution < -0.4 is 11.3 Å². The van der Waals surface area contributed by atoms with Crippen LogP contribution in [0, 0.1) is 17.6 Å². The second kappa shape index (κ2) is 6.05. The molecule has 0 bridgehead atoms. The van der Waals surface area contributed by atoms with E-state index in [9.17, 15) is 8.78 Å². The Morgan fingerprint density at radius 3 is 2.29 bits per heavy atom. The van der Waals surface area contributed by atoms with Gasteiger partial charge >= 0.3 is 0 Å². The monoisotopic (exact) mass is 244 g/mol. The lowest BCUT2D eigenvalue weighted by Crippen LogP contribution is -2.40. The van der Waals surface area contributed by atoms with E-state index >= 15 is 0 Å². The number of nitrogens with one attached hydrogen (secondary N) is 1. The van der Waals surface area contributed by atoms with Crippen LogP contribution in [0.15, 0.2) is 18.2 Å². The Labute approximate surface area is 99.9 Å². The van der Waals surface area contributed by atoms with Gasteiger partial charge in [-0.1, -0.05) is 19.9 Å². The highest BCUT2D eigenvalue weighted by atomic mass is 19.2. The van der Waals surface area contributed by atoms with Crippen molar-refractivity contribution in [2.45, 2.75) is 26.0 Å². The van der Waals surface area contributed by atoms with E-state index in [0.29, 0.717) is 5.56 Å². The van der Waals surface area contributed by atoms with Crippen LogP contribution >= 0.6 is 0 Å². The molecule has 17 heavy (non-hydrogen) atoms. The summed E-state index contributed by atoms with van der Waals surface area (Å²) in [6, 6.07) is 3.34. The molecule has 0 saturated carbocycles. The molecule has 1 rings (SSSR count). The number of hydrogen-bond donors (Lipinski definition) is 2. The summed E-state index contributed by atoms with van der Waals surface area (Å²) in [6.45, 7) is 3.94. The molecule has 0 radical (unpaired) electrons. The Morgan fingerprint density at radius 2 is 1.88 bits per heavy atom. The second-order valence-electron chi connectivity index (χ2n) is 4.26. The summed E-state index contributed by atoms with van der Waals surface area (Å²) in [5.41, 5.74) is 3.15. The van der Waals surface area contributed by atoms with E-state index in [-0.39, 0.29) is 18.1 Å². The molecule has 0 aliphatic heterocycles. The van der Waals surface area contributed by atoms with Gasteiger partial charge < -0.3 is 4.74 Å². The van der Waals surface area contributed by atoms with Crippen molar-refractivity contribution in [2.24, 2.45) is 11.8 Å². The van der Waals surface area contributed by atoms with Crippen molar-refractivity contribution in [3.63, 3.8) is 0 Å². The Morgan fingerprint density at radius 1 is 1.24 bits per heavy atom. The lowest BCUT2D eigenvalue weighted by atomic mass is 9.94. The van der Waals surface area contributed by atoms with E-state index in [1.165, 1.54) is 6.07 Å². The summed E-state index contributed by atoms with van der Waals surface area (Å²) in [7, 11) is 1.56. The van der Waals surface area contributed by atoms with Crippen molar-refractivity contribution in [1.29, 1.82) is 0 Å². The molecular formula is C12H18F2N2O. The maximum absolute atomic E-state index is 13.2. The largest absolute Gasteiger partial charge is 0.379 e. The normalized spacial score (nSPS) is 15.0. The minimum absolute atomic E-state index is 0.189. The summed E-state index contributed by atoms with van der Waals surface area (Å²) in [6.07, 6.45) is -0.218. The van der Waals surface area contributed by atoms with E-state index in [2.05, 4.69) is 5.43 Å². The number of hydrazine groups is 1. The number of methoxy groups -OCH3 is 1. The summed E-state index contributed by atoms with van der Waals surface area (Å²) in [4.78, 5) is 0. The Balaban J connectivity index is 3.03. The number of benzene rings is 1. The summed E-state index contributed by atoms with van der Waals surface area (Å²) >= 11 is 0. The van der Waals surface area contributed by atoms with Gasteiger partial charge in [-0.25, -0.2) is 8.78 Å². The minimum atomic E-state index is -0.888. The number of halogens is 2. The molecule has 2 unspecified atom stereocenters. The molecular weight excluding hydrogens is 226 g/mol. The lowest BCUT2D eigenvalue weighted by Gasteiger charge is -2.28. The third kappa shape index (κ3) is 3.21. The van der Waals surface area contributed by atoms with Crippen molar-refractivity contribution < 1.29 is 13.5 Å². The third-order valence-corrected chi connectivity index (χ3v) is 2.74. The highest BCUT2D eigenvalue weighted by Crippen LogP contribution is 2.24. The van der Waals surface area contributed by atoms with Crippen LogP contribution in [0.25, 0.3) is 0 Å². The van der Waals surface area contributed by atoms with E-state index in [4.69, 9.17) is 10.6 Å². The van der Waals surface area contributed by atoms with E-state index in [1.807, 2.05) is 13.8 Å². The molecule has 0 aliphatic carbocycles. The van der Waals surface area contributed by atoms with Gasteiger partial charge in [0.15, 0.2) is 11.6 Å². The van der Waals surface area contributed by atoms with Crippen molar-refractivity contribution in [2.75, 3.05) is 7.11 Å². The first-order valence-electron chi connectivity index (χ1n) is 5.45. The quantitative estimate of drug-likeness (QED) is 0.616. The highest BCUT2D eigenvalue weighted by Gasteiger charge is 2.25. The predicted octanol–water partition coefficient (Wildman–Crippen LogP) is 2.14. The van der Waals surface area contributed by atoms with Crippen LogP contribution in [0.5, 0.6) is 0 Å². The van der Waals surface area contributed by atoms with Crippen molar-refractivity contribution in [3.05, 3.63) is 35.4 Å². The molecule has 5 heteroatoms. The van der Waals surface area contributed by atoms with Crippen molar-refractivity contribution in [3.8, 4) is 0 Å². The van der Waals surface area contributed by atoms with Gasteiger partial charge in [0.25, 0.3) is 0 Å². The third-order valence-electron chi connectivity index (χ3n) is 2.74. The SMILES string of the molecule is COC(C(C)C)C(NN)c1ccc(F)c(F)c1. The smallest absolute Gasteiger partial charge is 0.159 e. The molecule has 0 heterocycles. The molecule has 1 aromatic carbocycles. The summed E-state index contributed by atoms with van der Waals surface area (Å²) < 4.78 is 31.3. The van der Waals surface area contributed by atoms with Crippen LogP contribution in [-0.4, -0.2) is 13.2 Å². The maximum atomic E-state index is 13.2. The Kier molecular flexibility index (Phi) is 4.99. The molecule has 2 atom stereocenters. The molecule has 0 amide bonds. The van der Waals surface area contributed by atoms with Crippen molar-refractivity contribution >= 4 is 0 Å². The second-order valence-corrected chi connectivity index (χ2v) is 4.26. The lowest BCUT2D eigenvalue weighted by molar-refractivity contribution is 0.0325. The average molecular weight is 244 g/mol. The summed E-state index contributed by atoms with van der Waals surface area (Å²) in [5, 5.41) is 0. The average Bonchev–Trinajstić information content (AvgIpc) is 2.29. The minimum Gasteiger partial charge on any atom is -0.379 e. The summed E-state index contributed by atoms with van der Waals surface area (Å²) in [5.74, 6) is 3.89. The number of hydrogen-bond acceptors (Lipinski definition) is 3. The fourth-order valence-corrected chi connectivity index (χ4v) is 1.88. The zero-order chi connectivity index (χ0) is 13.0. The van der Waals surface area contributed by atoms with Gasteiger partial charge in [0.05, 0.1) is 12.1 Å². The van der Waals surface area contributed by atoms with Crippen molar-refractivity contribution in [1.82, 2.24) is 5.43 Å². The van der Waals surface area contributed by atoms with Gasteiger partial charge in [-0.05, 0) is 23.6 Å². The fourth-order valence-electron chi connectivity index (χ4n) is 1.88. The zero-order valence-corrected chi connectivity index (χ0v) is 10.2. The molecule has 3 N–H and O–H groups in total. The van der Waals surface area contributed by atoms with Gasteiger partial charge in [0.1, 0.15) is 0 Å². The first-order valence-corrected chi connectivity index (χ1v) is 5.45. The standard InChI is InChI=1S/C12H18F2N2O/c1-7(2)12(17-3)11(16-15)8-4-5-9(13)10(14)6-8/h4-7,11-12,16H,15H2,1-3H3. The maximum Gasteiger partial charge on any atom is 0.159 e. The Bertz CT molecular complexity index is 372. The van der Waals surface area contributed by atoms with Gasteiger partial charge in [-0.2, -0.15) is 0 Å². The Hall–Kier alpha value is -1.04. The van der Waals surface area contributed by atoms with E-state index in [0.717, 1.165) is 12.1 Å². The predicted molar refractivity (Wildman–Crippen MR) is 62.1 cm³/mol. The highest BCUT2D eigenvalue weighted by molar-refractivity contribution is 5.22. The molecule has 0 saturated heterocycles. The van der Waals surface area contributed by atoms with Gasteiger partial charge in [0, 0.05) is 7.11 Å². The van der Waals surface area contributed by atoms with E-state index in [1.54, 1.807) is 7.11 Å². The zero-order valence-electron chi connectivity index (χ0n) is 10.2. The molecule has 3 nitrogen and oxygen atoms in total. The van der Waals surface area contributed by atoms with Crippen LogP contribution in [0.1, 0.15) is 25.5 Å². The molecule has 0 aliphatic rings. The molecule has 96 valence electrons. The molecule has 0 spiro atoms. The van der Waals surface area contributed by atoms with Crippen LogP contribution in [-0.2, 0) is 4.74 Å². The van der Waals surface area contributed by atoms with Gasteiger partial charge in [0.2, 0.25) is 0 Å². The topological polar surface area (TPSA) is 47.3 Å². The van der Waals surface area contributed by atoms with Crippen LogP contribution in [0.2, 0.25) is 0 Å². The first-order chi connectivity index (χ1) is 8.01. The van der Waals surface area contributed by atoms with Crippen LogP contribution in [0.4, 0.5) is 8.78 Å².